The Bertz CT molecular complexity index is 626. The predicted molar refractivity (Wildman–Crippen MR) is 81.6 cm³/mol. The van der Waals surface area contributed by atoms with Gasteiger partial charge in [-0.15, -0.1) is 0 Å². The molecule has 2 rings (SSSR count). The summed E-state index contributed by atoms with van der Waals surface area (Å²) >= 11 is 0. The van der Waals surface area contributed by atoms with Gasteiger partial charge in [0.1, 0.15) is 11.5 Å². The van der Waals surface area contributed by atoms with Gasteiger partial charge in [0.25, 0.3) is 5.69 Å². The van der Waals surface area contributed by atoms with Crippen LogP contribution in [0.25, 0.3) is 0 Å². The molecule has 21 heavy (non-hydrogen) atoms. The van der Waals surface area contributed by atoms with Crippen molar-refractivity contribution in [1.82, 2.24) is 5.32 Å². The Labute approximate surface area is 123 Å². The molecule has 0 aromatic heterocycles. The molecule has 0 atom stereocenters. The highest BCUT2D eigenvalue weighted by atomic mass is 16.6. The Balaban J connectivity index is 2.10. The first kappa shape index (κ1) is 15.0. The number of nitrogens with one attached hydrogen (secondary N) is 1. The normalized spacial score (nSPS) is 10.6. The molecule has 0 spiro atoms. The molecule has 5 heteroatoms. The molecule has 0 radical (unpaired) electrons. The van der Waals surface area contributed by atoms with E-state index in [9.17, 15) is 10.1 Å². The van der Waals surface area contributed by atoms with Crippen molar-refractivity contribution in [3.8, 4) is 11.5 Å². The summed E-state index contributed by atoms with van der Waals surface area (Å²) in [5.41, 5.74) is 1.12. The van der Waals surface area contributed by atoms with Gasteiger partial charge in [-0.1, -0.05) is 32.0 Å². The number of nitrogens with zero attached hydrogens (tertiary/aromatic N) is 1. The molecule has 0 saturated carbocycles. The Kier molecular flexibility index (Phi) is 4.90. The van der Waals surface area contributed by atoms with Gasteiger partial charge in [0.05, 0.1) is 11.0 Å². The van der Waals surface area contributed by atoms with Crippen LogP contribution in [0.5, 0.6) is 11.5 Å². The van der Waals surface area contributed by atoms with Crippen LogP contribution >= 0.6 is 0 Å². The first-order valence-corrected chi connectivity index (χ1v) is 6.79. The van der Waals surface area contributed by atoms with Crippen LogP contribution in [-0.4, -0.2) is 11.0 Å². The second kappa shape index (κ2) is 6.85. The Hall–Kier alpha value is -2.40. The zero-order chi connectivity index (χ0) is 15.2. The van der Waals surface area contributed by atoms with Gasteiger partial charge in [-0.3, -0.25) is 10.1 Å². The lowest BCUT2D eigenvalue weighted by molar-refractivity contribution is -0.384. The van der Waals surface area contributed by atoms with E-state index >= 15 is 0 Å². The van der Waals surface area contributed by atoms with Gasteiger partial charge in [0.2, 0.25) is 0 Å². The average Bonchev–Trinajstić information content (AvgIpc) is 2.46. The standard InChI is InChI=1S/C16H18N2O3/c1-12(2)17-11-13-5-3-7-15(9-13)21-16-8-4-6-14(10-16)18(19)20/h3-10,12,17H,11H2,1-2H3. The Morgan fingerprint density at radius 1 is 1.14 bits per heavy atom. The number of hydrogen-bond acceptors (Lipinski definition) is 4. The van der Waals surface area contributed by atoms with Crippen LogP contribution in [0.2, 0.25) is 0 Å². The molecule has 0 unspecified atom stereocenters. The van der Waals surface area contributed by atoms with Crippen molar-refractivity contribution in [3.63, 3.8) is 0 Å². The third kappa shape index (κ3) is 4.57. The second-order valence-corrected chi connectivity index (χ2v) is 5.04. The molecule has 0 aliphatic rings. The maximum absolute atomic E-state index is 10.8. The maximum atomic E-state index is 10.8. The zero-order valence-electron chi connectivity index (χ0n) is 12.1. The van der Waals surface area contributed by atoms with E-state index in [2.05, 4.69) is 19.2 Å². The van der Waals surface area contributed by atoms with E-state index < -0.39 is 4.92 Å². The summed E-state index contributed by atoms with van der Waals surface area (Å²) in [6, 6.07) is 14.2. The summed E-state index contributed by atoms with van der Waals surface area (Å²) in [6.45, 7) is 4.93. The molecule has 0 fully saturated rings. The van der Waals surface area contributed by atoms with Crippen molar-refractivity contribution in [2.75, 3.05) is 0 Å². The van der Waals surface area contributed by atoms with Crippen molar-refractivity contribution in [1.29, 1.82) is 0 Å². The molecular formula is C16H18N2O3. The number of rotatable bonds is 6. The second-order valence-electron chi connectivity index (χ2n) is 5.04. The van der Waals surface area contributed by atoms with Crippen molar-refractivity contribution < 1.29 is 9.66 Å². The fourth-order valence-electron chi connectivity index (χ4n) is 1.84. The number of non-ortho nitro benzene ring substituents is 1. The number of nitro groups is 1. The monoisotopic (exact) mass is 286 g/mol. The van der Waals surface area contributed by atoms with Crippen LogP contribution in [0.1, 0.15) is 19.4 Å². The van der Waals surface area contributed by atoms with Crippen molar-refractivity contribution in [2.45, 2.75) is 26.4 Å². The lowest BCUT2D eigenvalue weighted by atomic mass is 10.2. The third-order valence-electron chi connectivity index (χ3n) is 2.88. The quantitative estimate of drug-likeness (QED) is 0.646. The van der Waals surface area contributed by atoms with Crippen molar-refractivity contribution >= 4 is 5.69 Å². The van der Waals surface area contributed by atoms with Gasteiger partial charge in [-0.2, -0.15) is 0 Å². The molecule has 0 bridgehead atoms. The SMILES string of the molecule is CC(C)NCc1cccc(Oc2cccc([N+](=O)[O-])c2)c1. The Morgan fingerprint density at radius 2 is 1.81 bits per heavy atom. The highest BCUT2D eigenvalue weighted by Crippen LogP contribution is 2.25. The summed E-state index contributed by atoms with van der Waals surface area (Å²) in [5, 5.41) is 14.1. The van der Waals surface area contributed by atoms with E-state index in [0.29, 0.717) is 17.5 Å². The fraction of sp³-hybridized carbons (Fsp3) is 0.250. The summed E-state index contributed by atoms with van der Waals surface area (Å²) < 4.78 is 5.68. The topological polar surface area (TPSA) is 64.4 Å². The molecule has 1 N–H and O–H groups in total. The lowest BCUT2D eigenvalue weighted by Gasteiger charge is -2.10. The number of ether oxygens (including phenoxy) is 1. The lowest BCUT2D eigenvalue weighted by Crippen LogP contribution is -2.21. The molecule has 0 aliphatic carbocycles. The summed E-state index contributed by atoms with van der Waals surface area (Å²) in [4.78, 5) is 10.3. The van der Waals surface area contributed by atoms with E-state index in [1.54, 1.807) is 12.1 Å². The smallest absolute Gasteiger partial charge is 0.273 e. The van der Waals surface area contributed by atoms with Gasteiger partial charge >= 0.3 is 0 Å². The molecule has 0 saturated heterocycles. The van der Waals surface area contributed by atoms with Crippen LogP contribution in [-0.2, 0) is 6.54 Å². The number of nitro benzene ring substituents is 1. The molecule has 2 aromatic rings. The minimum Gasteiger partial charge on any atom is -0.457 e. The number of benzene rings is 2. The highest BCUT2D eigenvalue weighted by Gasteiger charge is 2.07. The van der Waals surface area contributed by atoms with Crippen LogP contribution in [0, 0.1) is 10.1 Å². The van der Waals surface area contributed by atoms with Crippen LogP contribution in [0.15, 0.2) is 48.5 Å². The molecule has 0 heterocycles. The summed E-state index contributed by atoms with van der Waals surface area (Å²) in [5.74, 6) is 1.12. The van der Waals surface area contributed by atoms with Crippen LogP contribution in [0.3, 0.4) is 0 Å². The predicted octanol–water partition coefficient (Wildman–Crippen LogP) is 3.89. The van der Waals surface area contributed by atoms with E-state index in [4.69, 9.17) is 4.74 Å². The van der Waals surface area contributed by atoms with Gasteiger partial charge in [0.15, 0.2) is 0 Å². The van der Waals surface area contributed by atoms with E-state index in [1.165, 1.54) is 12.1 Å². The molecule has 5 nitrogen and oxygen atoms in total. The van der Waals surface area contributed by atoms with E-state index in [0.717, 1.165) is 12.1 Å². The molecular weight excluding hydrogens is 268 g/mol. The van der Waals surface area contributed by atoms with Crippen LogP contribution < -0.4 is 10.1 Å². The van der Waals surface area contributed by atoms with Gasteiger partial charge in [-0.05, 0) is 23.8 Å². The third-order valence-corrected chi connectivity index (χ3v) is 2.88. The maximum Gasteiger partial charge on any atom is 0.273 e. The molecule has 0 amide bonds. The largest absolute Gasteiger partial charge is 0.457 e. The van der Waals surface area contributed by atoms with Gasteiger partial charge < -0.3 is 10.1 Å². The average molecular weight is 286 g/mol. The highest BCUT2D eigenvalue weighted by molar-refractivity contribution is 5.41. The van der Waals surface area contributed by atoms with E-state index in [1.807, 2.05) is 24.3 Å². The molecule has 110 valence electrons. The first-order chi connectivity index (χ1) is 10.0. The molecule has 0 aliphatic heterocycles. The fourth-order valence-corrected chi connectivity index (χ4v) is 1.84. The summed E-state index contributed by atoms with van der Waals surface area (Å²) in [6.07, 6.45) is 0. The van der Waals surface area contributed by atoms with Crippen LogP contribution in [0.4, 0.5) is 5.69 Å². The minimum absolute atomic E-state index is 0.0186. The van der Waals surface area contributed by atoms with Crippen molar-refractivity contribution in [2.24, 2.45) is 0 Å². The minimum atomic E-state index is -0.435. The summed E-state index contributed by atoms with van der Waals surface area (Å²) in [7, 11) is 0. The number of hydrogen-bond donors (Lipinski definition) is 1. The van der Waals surface area contributed by atoms with E-state index in [-0.39, 0.29) is 5.69 Å². The van der Waals surface area contributed by atoms with Gasteiger partial charge in [-0.25, -0.2) is 0 Å². The Morgan fingerprint density at radius 3 is 2.48 bits per heavy atom. The zero-order valence-corrected chi connectivity index (χ0v) is 12.1. The van der Waals surface area contributed by atoms with Crippen molar-refractivity contribution in [3.05, 3.63) is 64.2 Å². The molecule has 2 aromatic carbocycles. The first-order valence-electron chi connectivity index (χ1n) is 6.79. The van der Waals surface area contributed by atoms with Gasteiger partial charge in [0, 0.05) is 18.7 Å².